The van der Waals surface area contributed by atoms with Crippen molar-refractivity contribution >= 4 is 17.3 Å². The predicted octanol–water partition coefficient (Wildman–Crippen LogP) is 3.44. The average Bonchev–Trinajstić information content (AvgIpc) is 3.09. The van der Waals surface area contributed by atoms with Crippen molar-refractivity contribution in [1.82, 2.24) is 10.6 Å². The lowest BCUT2D eigenvalue weighted by Crippen LogP contribution is -2.39. The first kappa shape index (κ1) is 18.5. The summed E-state index contributed by atoms with van der Waals surface area (Å²) in [6, 6.07) is 12.7. The molecule has 0 saturated carbocycles. The Morgan fingerprint density at radius 3 is 2.54 bits per heavy atom. The molecule has 1 aromatic heterocycles. The van der Waals surface area contributed by atoms with Crippen LogP contribution in [0.25, 0.3) is 0 Å². The van der Waals surface area contributed by atoms with Gasteiger partial charge >= 0.3 is 0 Å². The Morgan fingerprint density at radius 1 is 1.17 bits per heavy atom. The number of methoxy groups -OCH3 is 1. The second kappa shape index (κ2) is 10.1. The van der Waals surface area contributed by atoms with Gasteiger partial charge in [0.1, 0.15) is 0 Å². The summed E-state index contributed by atoms with van der Waals surface area (Å²) in [5.41, 5.74) is 2.41. The number of hydrogen-bond donors (Lipinski definition) is 2. The Labute approximate surface area is 149 Å². The molecule has 2 rings (SSSR count). The van der Waals surface area contributed by atoms with Gasteiger partial charge in [-0.2, -0.15) is 0 Å². The van der Waals surface area contributed by atoms with Crippen LogP contribution in [0.15, 0.2) is 46.8 Å². The van der Waals surface area contributed by atoms with Gasteiger partial charge in [0.15, 0.2) is 5.96 Å². The molecule has 2 aromatic rings. The molecule has 0 aliphatic heterocycles. The number of nitrogens with zero attached hydrogens (tertiary/aromatic N) is 1. The molecule has 5 heteroatoms. The fraction of sp³-hybridized carbons (Fsp3) is 0.421. The van der Waals surface area contributed by atoms with E-state index in [0.29, 0.717) is 12.5 Å². The van der Waals surface area contributed by atoms with Crippen LogP contribution in [0.5, 0.6) is 0 Å². The molecule has 0 aliphatic rings. The van der Waals surface area contributed by atoms with Crippen LogP contribution in [-0.2, 0) is 24.3 Å². The molecule has 1 heterocycles. The fourth-order valence-corrected chi connectivity index (χ4v) is 3.31. The van der Waals surface area contributed by atoms with Crippen molar-refractivity contribution in [1.29, 1.82) is 0 Å². The van der Waals surface area contributed by atoms with Crippen molar-refractivity contribution in [3.63, 3.8) is 0 Å². The third-order valence-corrected chi connectivity index (χ3v) is 4.66. The van der Waals surface area contributed by atoms with E-state index in [4.69, 9.17) is 4.74 Å². The molecule has 0 radical (unpaired) electrons. The van der Waals surface area contributed by atoms with E-state index in [1.165, 1.54) is 16.0 Å². The maximum Gasteiger partial charge on any atom is 0.191 e. The molecular formula is C19H27N3OS. The molecular weight excluding hydrogens is 318 g/mol. The Morgan fingerprint density at radius 2 is 1.92 bits per heavy atom. The number of rotatable bonds is 8. The van der Waals surface area contributed by atoms with Crippen molar-refractivity contribution in [2.24, 2.45) is 10.9 Å². The summed E-state index contributed by atoms with van der Waals surface area (Å²) in [5, 5.41) is 8.90. The lowest BCUT2D eigenvalue weighted by molar-refractivity contribution is 0.185. The quantitative estimate of drug-likeness (QED) is 0.569. The second-order valence-corrected chi connectivity index (χ2v) is 6.98. The van der Waals surface area contributed by atoms with Crippen LogP contribution in [0.3, 0.4) is 0 Å². The van der Waals surface area contributed by atoms with Crippen LogP contribution >= 0.6 is 11.3 Å². The second-order valence-electron chi connectivity index (χ2n) is 5.94. The van der Waals surface area contributed by atoms with E-state index >= 15 is 0 Å². The third-order valence-electron chi connectivity index (χ3n) is 3.77. The van der Waals surface area contributed by atoms with Gasteiger partial charge in [-0.3, -0.25) is 4.99 Å². The van der Waals surface area contributed by atoms with Gasteiger partial charge in [0.05, 0.1) is 6.61 Å². The van der Waals surface area contributed by atoms with Gasteiger partial charge < -0.3 is 15.4 Å². The predicted molar refractivity (Wildman–Crippen MR) is 103 cm³/mol. The number of thiophene rings is 1. The average molecular weight is 346 g/mol. The van der Waals surface area contributed by atoms with Gasteiger partial charge in [0.2, 0.25) is 0 Å². The summed E-state index contributed by atoms with van der Waals surface area (Å²) >= 11 is 1.82. The molecule has 0 saturated heterocycles. The van der Waals surface area contributed by atoms with Crippen molar-refractivity contribution in [2.75, 3.05) is 20.7 Å². The van der Waals surface area contributed by atoms with Crippen molar-refractivity contribution in [3.8, 4) is 0 Å². The molecule has 0 fully saturated rings. The maximum atomic E-state index is 5.13. The number of nitrogens with one attached hydrogen (secondary N) is 2. The molecule has 130 valence electrons. The molecule has 0 spiro atoms. The third kappa shape index (κ3) is 6.34. The van der Waals surface area contributed by atoms with Gasteiger partial charge in [-0.15, -0.1) is 11.3 Å². The summed E-state index contributed by atoms with van der Waals surface area (Å²) in [6.07, 6.45) is 1.10. The smallest absolute Gasteiger partial charge is 0.191 e. The molecule has 24 heavy (non-hydrogen) atoms. The Kier molecular flexibility index (Phi) is 7.79. The molecule has 1 atom stereocenters. The van der Waals surface area contributed by atoms with E-state index in [1.807, 2.05) is 11.3 Å². The fourth-order valence-electron chi connectivity index (χ4n) is 2.44. The van der Waals surface area contributed by atoms with E-state index in [2.05, 4.69) is 64.3 Å². The van der Waals surface area contributed by atoms with E-state index in [0.717, 1.165) is 25.5 Å². The van der Waals surface area contributed by atoms with E-state index in [9.17, 15) is 0 Å². The highest BCUT2D eigenvalue weighted by Crippen LogP contribution is 2.13. The monoisotopic (exact) mass is 345 g/mol. The lowest BCUT2D eigenvalue weighted by Gasteiger charge is -2.15. The molecule has 0 aliphatic carbocycles. The van der Waals surface area contributed by atoms with Crippen molar-refractivity contribution in [2.45, 2.75) is 26.5 Å². The van der Waals surface area contributed by atoms with Crippen molar-refractivity contribution < 1.29 is 4.74 Å². The summed E-state index contributed by atoms with van der Waals surface area (Å²) in [4.78, 5) is 5.73. The van der Waals surface area contributed by atoms with Crippen LogP contribution in [0.1, 0.15) is 22.9 Å². The van der Waals surface area contributed by atoms with Crippen LogP contribution in [-0.4, -0.2) is 26.7 Å². The largest absolute Gasteiger partial charge is 0.380 e. The normalized spacial score (nSPS) is 12.9. The van der Waals surface area contributed by atoms with Gasteiger partial charge in [-0.05, 0) is 34.9 Å². The zero-order valence-corrected chi connectivity index (χ0v) is 15.5. The highest BCUT2D eigenvalue weighted by Gasteiger charge is 2.06. The van der Waals surface area contributed by atoms with Crippen LogP contribution < -0.4 is 10.6 Å². The highest BCUT2D eigenvalue weighted by atomic mass is 32.1. The standard InChI is InChI=1S/C19H27N3OS/c1-15(11-18-5-4-10-24-18)12-21-19(20-2)22-13-16-6-8-17(9-7-16)14-23-3/h4-10,15H,11-14H2,1-3H3,(H2,20,21,22). The van der Waals surface area contributed by atoms with Gasteiger partial charge in [0.25, 0.3) is 0 Å². The minimum atomic E-state index is 0.565. The summed E-state index contributed by atoms with van der Waals surface area (Å²) in [5.74, 6) is 1.41. The van der Waals surface area contributed by atoms with Gasteiger partial charge in [-0.1, -0.05) is 37.3 Å². The molecule has 1 unspecified atom stereocenters. The van der Waals surface area contributed by atoms with Crippen LogP contribution in [0.2, 0.25) is 0 Å². The number of benzene rings is 1. The zero-order chi connectivity index (χ0) is 17.2. The minimum Gasteiger partial charge on any atom is -0.380 e. The number of hydrogen-bond acceptors (Lipinski definition) is 3. The van der Waals surface area contributed by atoms with Gasteiger partial charge in [-0.25, -0.2) is 0 Å². The highest BCUT2D eigenvalue weighted by molar-refractivity contribution is 7.09. The Balaban J connectivity index is 1.73. The molecule has 0 bridgehead atoms. The first-order chi connectivity index (χ1) is 11.7. The number of guanidine groups is 1. The number of aliphatic imine (C=N–C) groups is 1. The molecule has 0 amide bonds. The lowest BCUT2D eigenvalue weighted by atomic mass is 10.1. The van der Waals surface area contributed by atoms with E-state index in [1.54, 1.807) is 14.2 Å². The summed E-state index contributed by atoms with van der Waals surface area (Å²) < 4.78 is 5.13. The Bertz CT molecular complexity index is 608. The first-order valence-electron chi connectivity index (χ1n) is 8.25. The zero-order valence-electron chi connectivity index (χ0n) is 14.7. The minimum absolute atomic E-state index is 0.565. The molecule has 2 N–H and O–H groups in total. The first-order valence-corrected chi connectivity index (χ1v) is 9.13. The van der Waals surface area contributed by atoms with Crippen LogP contribution in [0.4, 0.5) is 0 Å². The summed E-state index contributed by atoms with van der Waals surface area (Å²) in [6.45, 7) is 4.57. The summed E-state index contributed by atoms with van der Waals surface area (Å²) in [7, 11) is 3.52. The van der Waals surface area contributed by atoms with Gasteiger partial charge in [0, 0.05) is 32.1 Å². The topological polar surface area (TPSA) is 45.7 Å². The van der Waals surface area contributed by atoms with Crippen molar-refractivity contribution in [3.05, 3.63) is 57.8 Å². The molecule has 4 nitrogen and oxygen atoms in total. The van der Waals surface area contributed by atoms with Crippen LogP contribution in [0, 0.1) is 5.92 Å². The number of ether oxygens (including phenoxy) is 1. The van der Waals surface area contributed by atoms with E-state index in [-0.39, 0.29) is 0 Å². The van der Waals surface area contributed by atoms with E-state index < -0.39 is 0 Å². The maximum absolute atomic E-state index is 5.13. The molecule has 1 aromatic carbocycles. The Hall–Kier alpha value is -1.85. The SMILES string of the molecule is CN=C(NCc1ccc(COC)cc1)NCC(C)Cc1cccs1.